The summed E-state index contributed by atoms with van der Waals surface area (Å²) >= 11 is 0. The normalized spacial score (nSPS) is 18.7. The van der Waals surface area contributed by atoms with Gasteiger partial charge < -0.3 is 5.11 Å². The highest BCUT2D eigenvalue weighted by atomic mass is 16.3. The zero-order valence-electron chi connectivity index (χ0n) is 9.75. The van der Waals surface area contributed by atoms with Crippen LogP contribution >= 0.6 is 0 Å². The topological polar surface area (TPSA) is 23.5 Å². The SMILES string of the molecule is CCC(C)N(CC)C(C)CC(C)O. The molecule has 0 bridgehead atoms. The van der Waals surface area contributed by atoms with Gasteiger partial charge in [-0.2, -0.15) is 0 Å². The Labute approximate surface area is 82.9 Å². The van der Waals surface area contributed by atoms with Crippen LogP contribution in [-0.4, -0.2) is 34.7 Å². The number of hydrogen-bond acceptors (Lipinski definition) is 2. The van der Waals surface area contributed by atoms with Crippen LogP contribution in [0.3, 0.4) is 0 Å². The lowest BCUT2D eigenvalue weighted by Gasteiger charge is -2.33. The number of aliphatic hydroxyl groups excluding tert-OH is 1. The van der Waals surface area contributed by atoms with Crippen molar-refractivity contribution in [3.05, 3.63) is 0 Å². The molecule has 0 saturated heterocycles. The smallest absolute Gasteiger partial charge is 0.0526 e. The first-order valence-corrected chi connectivity index (χ1v) is 5.46. The Balaban J connectivity index is 4.06. The van der Waals surface area contributed by atoms with Gasteiger partial charge >= 0.3 is 0 Å². The van der Waals surface area contributed by atoms with Gasteiger partial charge in [0.2, 0.25) is 0 Å². The summed E-state index contributed by atoms with van der Waals surface area (Å²) in [6.07, 6.45) is 1.86. The highest BCUT2D eigenvalue weighted by molar-refractivity contribution is 4.73. The molecule has 2 nitrogen and oxygen atoms in total. The lowest BCUT2D eigenvalue weighted by Crippen LogP contribution is -2.41. The summed E-state index contributed by atoms with van der Waals surface area (Å²) in [6.45, 7) is 11.8. The number of nitrogens with zero attached hydrogens (tertiary/aromatic N) is 1. The number of rotatable bonds is 6. The lowest BCUT2D eigenvalue weighted by molar-refractivity contribution is 0.0978. The van der Waals surface area contributed by atoms with Gasteiger partial charge in [-0.15, -0.1) is 0 Å². The van der Waals surface area contributed by atoms with Crippen molar-refractivity contribution < 1.29 is 5.11 Å². The van der Waals surface area contributed by atoms with E-state index in [-0.39, 0.29) is 6.10 Å². The standard InChI is InChI=1S/C11H25NO/c1-6-9(3)12(7-2)10(4)8-11(5)13/h9-11,13H,6-8H2,1-5H3. The predicted molar refractivity (Wildman–Crippen MR) is 57.9 cm³/mol. The van der Waals surface area contributed by atoms with Crippen molar-refractivity contribution in [1.29, 1.82) is 0 Å². The van der Waals surface area contributed by atoms with Gasteiger partial charge in [0.05, 0.1) is 6.10 Å². The van der Waals surface area contributed by atoms with Crippen molar-refractivity contribution in [2.24, 2.45) is 0 Å². The molecule has 0 aromatic heterocycles. The molecule has 0 amide bonds. The molecular weight excluding hydrogens is 162 g/mol. The highest BCUT2D eigenvalue weighted by Gasteiger charge is 2.18. The van der Waals surface area contributed by atoms with Crippen LogP contribution in [0, 0.1) is 0 Å². The van der Waals surface area contributed by atoms with E-state index in [0.29, 0.717) is 12.1 Å². The molecule has 3 unspecified atom stereocenters. The van der Waals surface area contributed by atoms with Crippen molar-refractivity contribution in [1.82, 2.24) is 4.90 Å². The fourth-order valence-electron chi connectivity index (χ4n) is 1.92. The maximum absolute atomic E-state index is 9.30. The van der Waals surface area contributed by atoms with E-state index in [4.69, 9.17) is 0 Å². The number of aliphatic hydroxyl groups is 1. The maximum Gasteiger partial charge on any atom is 0.0526 e. The summed E-state index contributed by atoms with van der Waals surface area (Å²) in [4.78, 5) is 2.45. The highest BCUT2D eigenvalue weighted by Crippen LogP contribution is 2.12. The predicted octanol–water partition coefficient (Wildman–Crippen LogP) is 2.27. The maximum atomic E-state index is 9.30. The van der Waals surface area contributed by atoms with Crippen LogP contribution < -0.4 is 0 Å². The van der Waals surface area contributed by atoms with Crippen molar-refractivity contribution in [2.75, 3.05) is 6.54 Å². The molecule has 2 heteroatoms. The van der Waals surface area contributed by atoms with Crippen LogP contribution in [0.1, 0.15) is 47.5 Å². The average molecular weight is 187 g/mol. The molecular formula is C11H25NO. The summed E-state index contributed by atoms with van der Waals surface area (Å²) in [5.74, 6) is 0. The van der Waals surface area contributed by atoms with E-state index in [1.54, 1.807) is 0 Å². The Morgan fingerprint density at radius 3 is 1.92 bits per heavy atom. The molecule has 0 aromatic carbocycles. The van der Waals surface area contributed by atoms with Gasteiger partial charge in [-0.1, -0.05) is 13.8 Å². The van der Waals surface area contributed by atoms with Crippen LogP contribution in [0.25, 0.3) is 0 Å². The molecule has 0 aromatic rings. The molecule has 0 aliphatic rings. The monoisotopic (exact) mass is 187 g/mol. The summed E-state index contributed by atoms with van der Waals surface area (Å²) in [5.41, 5.74) is 0. The van der Waals surface area contributed by atoms with Gasteiger partial charge in [0, 0.05) is 12.1 Å². The van der Waals surface area contributed by atoms with E-state index < -0.39 is 0 Å². The minimum Gasteiger partial charge on any atom is -0.393 e. The van der Waals surface area contributed by atoms with E-state index in [0.717, 1.165) is 13.0 Å². The van der Waals surface area contributed by atoms with Crippen LogP contribution in [0.4, 0.5) is 0 Å². The summed E-state index contributed by atoms with van der Waals surface area (Å²) < 4.78 is 0. The second-order valence-corrected chi connectivity index (χ2v) is 4.02. The summed E-state index contributed by atoms with van der Waals surface area (Å²) in [6, 6.07) is 1.11. The Hall–Kier alpha value is -0.0800. The molecule has 80 valence electrons. The molecule has 0 spiro atoms. The molecule has 0 saturated carbocycles. The van der Waals surface area contributed by atoms with E-state index in [1.807, 2.05) is 6.92 Å². The van der Waals surface area contributed by atoms with Crippen LogP contribution in [-0.2, 0) is 0 Å². The minimum atomic E-state index is -0.187. The van der Waals surface area contributed by atoms with Gasteiger partial charge in [-0.3, -0.25) is 4.90 Å². The Bertz CT molecular complexity index is 125. The second kappa shape index (κ2) is 6.39. The molecule has 0 heterocycles. The Kier molecular flexibility index (Phi) is 6.35. The molecule has 0 aliphatic heterocycles. The first-order valence-electron chi connectivity index (χ1n) is 5.46. The molecule has 3 atom stereocenters. The zero-order valence-corrected chi connectivity index (χ0v) is 9.75. The molecule has 0 fully saturated rings. The van der Waals surface area contributed by atoms with E-state index >= 15 is 0 Å². The van der Waals surface area contributed by atoms with Gasteiger partial charge in [0.1, 0.15) is 0 Å². The minimum absolute atomic E-state index is 0.187. The third-order valence-electron chi connectivity index (χ3n) is 2.77. The molecule has 1 N–H and O–H groups in total. The number of hydrogen-bond donors (Lipinski definition) is 1. The van der Waals surface area contributed by atoms with Gasteiger partial charge in [-0.05, 0) is 40.2 Å². The fraction of sp³-hybridized carbons (Fsp3) is 1.00. The largest absolute Gasteiger partial charge is 0.393 e. The van der Waals surface area contributed by atoms with Gasteiger partial charge in [0.25, 0.3) is 0 Å². The van der Waals surface area contributed by atoms with E-state index in [9.17, 15) is 5.11 Å². The van der Waals surface area contributed by atoms with Crippen molar-refractivity contribution in [3.8, 4) is 0 Å². The van der Waals surface area contributed by atoms with Crippen LogP contribution in [0.15, 0.2) is 0 Å². The molecule has 0 aliphatic carbocycles. The first kappa shape index (κ1) is 12.9. The lowest BCUT2D eigenvalue weighted by atomic mass is 10.1. The van der Waals surface area contributed by atoms with E-state index in [2.05, 4.69) is 32.6 Å². The van der Waals surface area contributed by atoms with Crippen molar-refractivity contribution in [2.45, 2.75) is 65.6 Å². The summed E-state index contributed by atoms with van der Waals surface area (Å²) in [5, 5.41) is 9.30. The van der Waals surface area contributed by atoms with Crippen molar-refractivity contribution in [3.63, 3.8) is 0 Å². The zero-order chi connectivity index (χ0) is 10.4. The first-order chi connectivity index (χ1) is 6.02. The third-order valence-corrected chi connectivity index (χ3v) is 2.77. The van der Waals surface area contributed by atoms with Gasteiger partial charge in [-0.25, -0.2) is 0 Å². The van der Waals surface area contributed by atoms with E-state index in [1.165, 1.54) is 6.42 Å². The molecule has 0 rings (SSSR count). The summed E-state index contributed by atoms with van der Waals surface area (Å²) in [7, 11) is 0. The van der Waals surface area contributed by atoms with Crippen molar-refractivity contribution >= 4 is 0 Å². The molecule has 0 radical (unpaired) electrons. The van der Waals surface area contributed by atoms with Crippen LogP contribution in [0.5, 0.6) is 0 Å². The second-order valence-electron chi connectivity index (χ2n) is 4.02. The quantitative estimate of drug-likeness (QED) is 0.689. The Morgan fingerprint density at radius 2 is 1.62 bits per heavy atom. The third kappa shape index (κ3) is 4.63. The molecule has 13 heavy (non-hydrogen) atoms. The Morgan fingerprint density at radius 1 is 1.08 bits per heavy atom. The average Bonchev–Trinajstić information content (AvgIpc) is 2.03. The van der Waals surface area contributed by atoms with Gasteiger partial charge in [0.15, 0.2) is 0 Å². The van der Waals surface area contributed by atoms with Crippen LogP contribution in [0.2, 0.25) is 0 Å². The fourth-order valence-corrected chi connectivity index (χ4v) is 1.92.